The highest BCUT2D eigenvalue weighted by Crippen LogP contribution is 2.19. The highest BCUT2D eigenvalue weighted by molar-refractivity contribution is 6.34. The molecular formula is C9H7Cl2NO. The van der Waals surface area contributed by atoms with E-state index in [2.05, 4.69) is 0 Å². The van der Waals surface area contributed by atoms with Crippen molar-refractivity contribution in [1.29, 1.82) is 0 Å². The molecule has 0 unspecified atom stereocenters. The summed E-state index contributed by atoms with van der Waals surface area (Å²) in [6, 6.07) is 4.99. The van der Waals surface area contributed by atoms with Crippen molar-refractivity contribution in [1.82, 2.24) is 0 Å². The van der Waals surface area contributed by atoms with E-state index in [4.69, 9.17) is 28.9 Å². The van der Waals surface area contributed by atoms with Gasteiger partial charge in [-0.3, -0.25) is 4.79 Å². The van der Waals surface area contributed by atoms with Crippen LogP contribution in [0.4, 0.5) is 0 Å². The van der Waals surface area contributed by atoms with Gasteiger partial charge in [0.25, 0.3) is 0 Å². The molecule has 0 aromatic heterocycles. The molecule has 2 nitrogen and oxygen atoms in total. The molecule has 0 fully saturated rings. The van der Waals surface area contributed by atoms with Crippen molar-refractivity contribution in [2.45, 2.75) is 0 Å². The predicted molar refractivity (Wildman–Crippen MR) is 54.7 cm³/mol. The molecule has 0 atom stereocenters. The van der Waals surface area contributed by atoms with Crippen molar-refractivity contribution in [3.63, 3.8) is 0 Å². The van der Waals surface area contributed by atoms with Crippen molar-refractivity contribution >= 4 is 35.2 Å². The van der Waals surface area contributed by atoms with Gasteiger partial charge in [0.05, 0.1) is 0 Å². The molecule has 0 heterocycles. The summed E-state index contributed by atoms with van der Waals surface area (Å²) in [6.07, 6.45) is 2.81. The van der Waals surface area contributed by atoms with Crippen LogP contribution >= 0.6 is 23.2 Å². The lowest BCUT2D eigenvalue weighted by Crippen LogP contribution is -2.05. The zero-order chi connectivity index (χ0) is 9.84. The summed E-state index contributed by atoms with van der Waals surface area (Å²) in [5.74, 6) is -0.504. The Labute approximate surface area is 85.9 Å². The minimum absolute atomic E-state index is 0.504. The standard InChI is InChI=1S/C9H7Cl2NO/c10-7-3-6(1-2-9(12)13)4-8(11)5-7/h1-5H,(H2,12,13)/b2-1+. The molecular weight excluding hydrogens is 209 g/mol. The lowest BCUT2D eigenvalue weighted by atomic mass is 10.2. The van der Waals surface area contributed by atoms with E-state index in [1.54, 1.807) is 24.3 Å². The third kappa shape index (κ3) is 3.49. The molecule has 0 aliphatic heterocycles. The quantitative estimate of drug-likeness (QED) is 0.758. The third-order valence-corrected chi connectivity index (χ3v) is 1.76. The van der Waals surface area contributed by atoms with E-state index in [-0.39, 0.29) is 0 Å². The maximum absolute atomic E-state index is 10.4. The van der Waals surface area contributed by atoms with Crippen LogP contribution in [0.5, 0.6) is 0 Å². The van der Waals surface area contributed by atoms with Crippen LogP contribution in [-0.4, -0.2) is 5.91 Å². The van der Waals surface area contributed by atoms with Gasteiger partial charge >= 0.3 is 0 Å². The van der Waals surface area contributed by atoms with Crippen LogP contribution < -0.4 is 5.73 Å². The maximum Gasteiger partial charge on any atom is 0.241 e. The zero-order valence-corrected chi connectivity index (χ0v) is 8.14. The second-order valence-electron chi connectivity index (χ2n) is 2.44. The number of benzene rings is 1. The number of amides is 1. The van der Waals surface area contributed by atoms with Gasteiger partial charge in [0.2, 0.25) is 5.91 Å². The molecule has 0 bridgehead atoms. The fourth-order valence-electron chi connectivity index (χ4n) is 0.850. The molecule has 1 rings (SSSR count). The Hall–Kier alpha value is -0.990. The SMILES string of the molecule is NC(=O)/C=C/c1cc(Cl)cc(Cl)c1. The topological polar surface area (TPSA) is 43.1 Å². The van der Waals surface area contributed by atoms with E-state index in [1.165, 1.54) is 6.08 Å². The largest absolute Gasteiger partial charge is 0.366 e. The summed E-state index contributed by atoms with van der Waals surface area (Å²) in [4.78, 5) is 10.4. The second-order valence-corrected chi connectivity index (χ2v) is 3.31. The second kappa shape index (κ2) is 4.30. The Morgan fingerprint density at radius 3 is 2.23 bits per heavy atom. The number of carbonyl (C=O) groups is 1. The monoisotopic (exact) mass is 215 g/mol. The molecule has 0 saturated heterocycles. The smallest absolute Gasteiger partial charge is 0.241 e. The van der Waals surface area contributed by atoms with Crippen LogP contribution in [0.2, 0.25) is 10.0 Å². The average molecular weight is 216 g/mol. The molecule has 0 aliphatic rings. The van der Waals surface area contributed by atoms with E-state index in [1.807, 2.05) is 0 Å². The average Bonchev–Trinajstić information content (AvgIpc) is 1.99. The van der Waals surface area contributed by atoms with Gasteiger partial charge in [0, 0.05) is 16.1 Å². The Balaban J connectivity index is 2.95. The minimum Gasteiger partial charge on any atom is -0.366 e. The summed E-state index contributed by atoms with van der Waals surface area (Å²) in [6.45, 7) is 0. The molecule has 1 amide bonds. The summed E-state index contributed by atoms with van der Waals surface area (Å²) >= 11 is 11.5. The molecule has 13 heavy (non-hydrogen) atoms. The van der Waals surface area contributed by atoms with Crippen LogP contribution in [0.1, 0.15) is 5.56 Å². The number of primary amides is 1. The first-order chi connectivity index (χ1) is 6.08. The van der Waals surface area contributed by atoms with Gasteiger partial charge in [-0.15, -0.1) is 0 Å². The molecule has 2 N–H and O–H groups in total. The third-order valence-electron chi connectivity index (χ3n) is 1.32. The molecule has 68 valence electrons. The van der Waals surface area contributed by atoms with Gasteiger partial charge in [-0.1, -0.05) is 23.2 Å². The van der Waals surface area contributed by atoms with E-state index >= 15 is 0 Å². The summed E-state index contributed by atoms with van der Waals surface area (Å²) in [5.41, 5.74) is 5.67. The number of carbonyl (C=O) groups excluding carboxylic acids is 1. The Morgan fingerprint density at radius 1 is 1.23 bits per heavy atom. The van der Waals surface area contributed by atoms with Crippen molar-refractivity contribution in [2.24, 2.45) is 5.73 Å². The molecule has 0 saturated carbocycles. The van der Waals surface area contributed by atoms with Crippen molar-refractivity contribution in [3.05, 3.63) is 39.9 Å². The highest BCUT2D eigenvalue weighted by Gasteiger charge is 1.94. The first-order valence-electron chi connectivity index (χ1n) is 3.51. The minimum atomic E-state index is -0.504. The lowest BCUT2D eigenvalue weighted by molar-refractivity contribution is -0.113. The van der Waals surface area contributed by atoms with E-state index in [9.17, 15) is 4.79 Å². The van der Waals surface area contributed by atoms with E-state index in [0.717, 1.165) is 5.56 Å². The molecule has 0 radical (unpaired) electrons. The number of nitrogens with two attached hydrogens (primary N) is 1. The maximum atomic E-state index is 10.4. The Morgan fingerprint density at radius 2 is 1.77 bits per heavy atom. The predicted octanol–water partition coefficient (Wildman–Crippen LogP) is 2.49. The molecule has 4 heteroatoms. The Kier molecular flexibility index (Phi) is 3.34. The zero-order valence-electron chi connectivity index (χ0n) is 6.63. The van der Waals surface area contributed by atoms with Crippen molar-refractivity contribution < 1.29 is 4.79 Å². The molecule has 0 spiro atoms. The van der Waals surface area contributed by atoms with Gasteiger partial charge < -0.3 is 5.73 Å². The van der Waals surface area contributed by atoms with E-state index < -0.39 is 5.91 Å². The van der Waals surface area contributed by atoms with Crippen LogP contribution in [-0.2, 0) is 4.79 Å². The highest BCUT2D eigenvalue weighted by atomic mass is 35.5. The first kappa shape index (κ1) is 10.1. The van der Waals surface area contributed by atoms with Crippen LogP contribution in [0.25, 0.3) is 6.08 Å². The van der Waals surface area contributed by atoms with Gasteiger partial charge in [0.1, 0.15) is 0 Å². The normalized spacial score (nSPS) is 10.6. The molecule has 1 aromatic rings. The van der Waals surface area contributed by atoms with Crippen LogP contribution in [0.3, 0.4) is 0 Å². The van der Waals surface area contributed by atoms with Gasteiger partial charge in [-0.05, 0) is 29.8 Å². The molecule has 1 aromatic carbocycles. The lowest BCUT2D eigenvalue weighted by Gasteiger charge is -1.95. The van der Waals surface area contributed by atoms with Crippen molar-refractivity contribution in [3.8, 4) is 0 Å². The first-order valence-corrected chi connectivity index (χ1v) is 4.27. The molecule has 0 aliphatic carbocycles. The van der Waals surface area contributed by atoms with Crippen molar-refractivity contribution in [2.75, 3.05) is 0 Å². The Bertz CT molecular complexity index is 340. The van der Waals surface area contributed by atoms with Crippen LogP contribution in [0.15, 0.2) is 24.3 Å². The fourth-order valence-corrected chi connectivity index (χ4v) is 1.39. The summed E-state index contributed by atoms with van der Waals surface area (Å²) in [7, 11) is 0. The van der Waals surface area contributed by atoms with Gasteiger partial charge in [0.15, 0.2) is 0 Å². The van der Waals surface area contributed by atoms with E-state index in [0.29, 0.717) is 10.0 Å². The number of hydrogen-bond acceptors (Lipinski definition) is 1. The van der Waals surface area contributed by atoms with Gasteiger partial charge in [-0.25, -0.2) is 0 Å². The summed E-state index contributed by atoms with van der Waals surface area (Å²) in [5, 5.41) is 1.05. The number of hydrogen-bond donors (Lipinski definition) is 1. The van der Waals surface area contributed by atoms with Crippen LogP contribution in [0, 0.1) is 0 Å². The van der Waals surface area contributed by atoms with Gasteiger partial charge in [-0.2, -0.15) is 0 Å². The number of rotatable bonds is 2. The summed E-state index contributed by atoms with van der Waals surface area (Å²) < 4.78 is 0. The number of halogens is 2. The fraction of sp³-hybridized carbons (Fsp3) is 0.